The minimum absolute atomic E-state index is 0.0668. The van der Waals surface area contributed by atoms with E-state index in [0.717, 1.165) is 28.1 Å². The fourth-order valence-electron chi connectivity index (χ4n) is 3.91. The third kappa shape index (κ3) is 4.92. The van der Waals surface area contributed by atoms with Crippen LogP contribution in [0, 0.1) is 18.7 Å². The largest absolute Gasteiger partial charge is 0.344 e. The Hall–Kier alpha value is -2.55. The quantitative estimate of drug-likeness (QED) is 0.574. The van der Waals surface area contributed by atoms with Crippen LogP contribution in [0.3, 0.4) is 0 Å². The lowest BCUT2D eigenvalue weighted by Crippen LogP contribution is -2.43. The fourth-order valence-corrected chi connectivity index (χ4v) is 6.18. The Labute approximate surface area is 191 Å². The lowest BCUT2D eigenvalue weighted by atomic mass is 9.95. The van der Waals surface area contributed by atoms with Crippen LogP contribution < -0.4 is 5.32 Å². The number of thiophene rings is 1. The number of hydrogen-bond donors (Lipinski definition) is 1. The predicted molar refractivity (Wildman–Crippen MR) is 123 cm³/mol. The van der Waals surface area contributed by atoms with Crippen molar-refractivity contribution < 1.29 is 17.6 Å². The van der Waals surface area contributed by atoms with Crippen LogP contribution in [0.15, 0.2) is 70.9 Å². The average Bonchev–Trinajstić information content (AvgIpc) is 3.33. The van der Waals surface area contributed by atoms with Gasteiger partial charge in [-0.05, 0) is 61.0 Å². The molecule has 2 heterocycles. The van der Waals surface area contributed by atoms with E-state index < -0.39 is 15.8 Å². The van der Waals surface area contributed by atoms with E-state index in [2.05, 4.69) is 5.32 Å². The number of piperidine rings is 1. The number of nitrogens with zero attached hydrogens (tertiary/aromatic N) is 1. The number of rotatable bonds is 6. The molecule has 1 amide bonds. The number of halogens is 1. The van der Waals surface area contributed by atoms with Gasteiger partial charge in [-0.1, -0.05) is 35.9 Å². The maximum absolute atomic E-state index is 13.2. The highest BCUT2D eigenvalue weighted by Crippen LogP contribution is 2.29. The zero-order chi connectivity index (χ0) is 22.7. The van der Waals surface area contributed by atoms with Gasteiger partial charge in [0, 0.05) is 23.9 Å². The maximum atomic E-state index is 13.2. The van der Waals surface area contributed by atoms with Crippen LogP contribution in [0.2, 0.25) is 0 Å². The smallest absolute Gasteiger partial charge is 0.243 e. The van der Waals surface area contributed by atoms with Gasteiger partial charge >= 0.3 is 0 Å². The fraction of sp³-hybridized carbons (Fsp3) is 0.292. The van der Waals surface area contributed by atoms with Crippen molar-refractivity contribution in [1.29, 1.82) is 0 Å². The highest BCUT2D eigenvalue weighted by molar-refractivity contribution is 7.89. The molecule has 5 nitrogen and oxygen atoms in total. The molecule has 1 fully saturated rings. The van der Waals surface area contributed by atoms with Crippen LogP contribution in [0.4, 0.5) is 4.39 Å². The van der Waals surface area contributed by atoms with E-state index in [1.54, 1.807) is 11.3 Å². The molecule has 1 aliphatic heterocycles. The third-order valence-electron chi connectivity index (χ3n) is 5.80. The van der Waals surface area contributed by atoms with Crippen LogP contribution in [0.5, 0.6) is 0 Å². The van der Waals surface area contributed by atoms with Crippen LogP contribution in [-0.2, 0) is 14.8 Å². The lowest BCUT2D eigenvalue weighted by Gasteiger charge is -2.31. The number of carbonyl (C=O) groups is 1. The number of aryl methyl sites for hydroxylation is 1. The number of benzene rings is 2. The van der Waals surface area contributed by atoms with E-state index in [-0.39, 0.29) is 35.9 Å². The van der Waals surface area contributed by atoms with E-state index in [1.165, 1.54) is 16.4 Å². The zero-order valence-electron chi connectivity index (χ0n) is 17.7. The highest BCUT2D eigenvalue weighted by atomic mass is 32.2. The first-order valence-corrected chi connectivity index (χ1v) is 12.8. The molecule has 1 saturated heterocycles. The van der Waals surface area contributed by atoms with Crippen LogP contribution in [0.1, 0.15) is 34.9 Å². The van der Waals surface area contributed by atoms with Gasteiger partial charge in [-0.15, -0.1) is 11.3 Å². The van der Waals surface area contributed by atoms with Gasteiger partial charge in [0.05, 0.1) is 10.9 Å². The summed E-state index contributed by atoms with van der Waals surface area (Å²) < 4.78 is 40.2. The van der Waals surface area contributed by atoms with Gasteiger partial charge in [-0.2, -0.15) is 4.31 Å². The van der Waals surface area contributed by atoms with Crippen molar-refractivity contribution in [3.05, 3.63) is 87.9 Å². The van der Waals surface area contributed by atoms with Crippen molar-refractivity contribution in [2.45, 2.75) is 30.7 Å². The van der Waals surface area contributed by atoms with Crippen molar-refractivity contribution in [1.82, 2.24) is 9.62 Å². The summed E-state index contributed by atoms with van der Waals surface area (Å²) >= 11 is 1.59. The molecular weight excluding hydrogens is 447 g/mol. The summed E-state index contributed by atoms with van der Waals surface area (Å²) in [6, 6.07) is 16.7. The second-order valence-corrected chi connectivity index (χ2v) is 10.9. The summed E-state index contributed by atoms with van der Waals surface area (Å²) in [5.74, 6) is -0.807. The standard InChI is InChI=1S/C24H25FN2O3S2/c1-17-4-6-18(7-5-17)23(22-3-2-16-31-22)26-24(28)19-12-14-27(15-13-19)32(29,30)21-10-8-20(25)9-11-21/h2-11,16,19,23H,12-15H2,1H3,(H,26,28)/t23-/m1/s1. The molecule has 1 atom stereocenters. The SMILES string of the molecule is Cc1ccc([C@@H](NC(=O)C2CCN(S(=O)(=O)c3ccc(F)cc3)CC2)c2cccs2)cc1. The summed E-state index contributed by atoms with van der Waals surface area (Å²) in [5.41, 5.74) is 2.17. The Bertz CT molecular complexity index is 1150. The van der Waals surface area contributed by atoms with Gasteiger partial charge in [0.1, 0.15) is 5.82 Å². The van der Waals surface area contributed by atoms with Crippen LogP contribution >= 0.6 is 11.3 Å². The maximum Gasteiger partial charge on any atom is 0.243 e. The minimum Gasteiger partial charge on any atom is -0.344 e. The molecule has 0 radical (unpaired) electrons. The second kappa shape index (κ2) is 9.52. The summed E-state index contributed by atoms with van der Waals surface area (Å²) in [6.45, 7) is 2.54. The first-order valence-electron chi connectivity index (χ1n) is 10.5. The topological polar surface area (TPSA) is 66.5 Å². The Balaban J connectivity index is 1.43. The second-order valence-electron chi connectivity index (χ2n) is 8.00. The monoisotopic (exact) mass is 472 g/mol. The first kappa shape index (κ1) is 22.6. The third-order valence-corrected chi connectivity index (χ3v) is 8.65. The number of hydrogen-bond acceptors (Lipinski definition) is 4. The molecule has 0 aliphatic carbocycles. The molecule has 0 spiro atoms. The van der Waals surface area contributed by atoms with Gasteiger partial charge < -0.3 is 5.32 Å². The molecule has 0 unspecified atom stereocenters. The number of sulfonamides is 1. The molecule has 0 saturated carbocycles. The van der Waals surface area contributed by atoms with Crippen LogP contribution in [0.25, 0.3) is 0 Å². The van der Waals surface area contributed by atoms with Gasteiger partial charge in [-0.25, -0.2) is 12.8 Å². The molecular formula is C24H25FN2O3S2. The summed E-state index contributed by atoms with van der Waals surface area (Å²) in [4.78, 5) is 14.2. The van der Waals surface area contributed by atoms with E-state index in [9.17, 15) is 17.6 Å². The van der Waals surface area contributed by atoms with Crippen molar-refractivity contribution in [2.75, 3.05) is 13.1 Å². The van der Waals surface area contributed by atoms with E-state index in [4.69, 9.17) is 0 Å². The first-order chi connectivity index (χ1) is 15.3. The lowest BCUT2D eigenvalue weighted by molar-refractivity contribution is -0.126. The average molecular weight is 473 g/mol. The van der Waals surface area contributed by atoms with Gasteiger partial charge in [-0.3, -0.25) is 4.79 Å². The van der Waals surface area contributed by atoms with Gasteiger partial charge in [0.2, 0.25) is 15.9 Å². The van der Waals surface area contributed by atoms with Crippen molar-refractivity contribution in [3.63, 3.8) is 0 Å². The predicted octanol–water partition coefficient (Wildman–Crippen LogP) is 4.50. The minimum atomic E-state index is -3.70. The molecule has 3 aromatic rings. The summed E-state index contributed by atoms with van der Waals surface area (Å²) in [6.07, 6.45) is 0.884. The molecule has 0 bridgehead atoms. The van der Waals surface area contributed by atoms with Crippen molar-refractivity contribution in [2.24, 2.45) is 5.92 Å². The van der Waals surface area contributed by atoms with Crippen LogP contribution in [-0.4, -0.2) is 31.7 Å². The van der Waals surface area contributed by atoms with Crippen molar-refractivity contribution in [3.8, 4) is 0 Å². The molecule has 1 N–H and O–H groups in total. The Morgan fingerprint density at radius 1 is 1.06 bits per heavy atom. The van der Waals surface area contributed by atoms with Gasteiger partial charge in [0.25, 0.3) is 0 Å². The number of nitrogens with one attached hydrogen (secondary N) is 1. The molecule has 1 aromatic heterocycles. The molecule has 168 valence electrons. The Morgan fingerprint density at radius 2 is 1.72 bits per heavy atom. The zero-order valence-corrected chi connectivity index (χ0v) is 19.3. The van der Waals surface area contributed by atoms with E-state index in [0.29, 0.717) is 12.8 Å². The highest BCUT2D eigenvalue weighted by Gasteiger charge is 2.33. The molecule has 4 rings (SSSR count). The molecule has 32 heavy (non-hydrogen) atoms. The molecule has 8 heteroatoms. The van der Waals surface area contributed by atoms with E-state index in [1.807, 2.05) is 48.7 Å². The molecule has 2 aromatic carbocycles. The Kier molecular flexibility index (Phi) is 6.74. The summed E-state index contributed by atoms with van der Waals surface area (Å²) in [5, 5.41) is 5.17. The summed E-state index contributed by atoms with van der Waals surface area (Å²) in [7, 11) is -3.70. The van der Waals surface area contributed by atoms with E-state index >= 15 is 0 Å². The molecule has 1 aliphatic rings. The normalized spacial score (nSPS) is 16.6. The Morgan fingerprint density at radius 3 is 2.31 bits per heavy atom. The number of carbonyl (C=O) groups excluding carboxylic acids is 1. The number of amides is 1. The van der Waals surface area contributed by atoms with Gasteiger partial charge in [0.15, 0.2) is 0 Å². The van der Waals surface area contributed by atoms with Crippen molar-refractivity contribution >= 4 is 27.3 Å².